The average molecular weight is 228 g/mol. The van der Waals surface area contributed by atoms with E-state index in [1.807, 2.05) is 0 Å². The molecule has 0 fully saturated rings. The van der Waals surface area contributed by atoms with Crippen LogP contribution in [0.25, 0.3) is 0 Å². The Kier molecular flexibility index (Phi) is 7.11. The first-order chi connectivity index (χ1) is 6.92. The van der Waals surface area contributed by atoms with Gasteiger partial charge in [-0.05, 0) is 12.8 Å². The van der Waals surface area contributed by atoms with Crippen molar-refractivity contribution in [2.45, 2.75) is 38.3 Å². The van der Waals surface area contributed by atoms with Gasteiger partial charge >= 0.3 is 12.1 Å². The van der Waals surface area contributed by atoms with Gasteiger partial charge in [-0.15, -0.1) is 0 Å². The highest BCUT2D eigenvalue weighted by atomic mass is 19.4. The Hall–Kier alpha value is -0.780. The lowest BCUT2D eigenvalue weighted by Gasteiger charge is -2.06. The third kappa shape index (κ3) is 13.2. The number of carboxylic acid groups (broad SMARTS) is 1. The van der Waals surface area contributed by atoms with Crippen molar-refractivity contribution in [2.24, 2.45) is 0 Å². The van der Waals surface area contributed by atoms with Crippen molar-refractivity contribution in [2.75, 3.05) is 13.2 Å². The number of aliphatic carboxylic acids is 1. The van der Waals surface area contributed by atoms with E-state index < -0.39 is 18.6 Å². The maximum absolute atomic E-state index is 11.6. The van der Waals surface area contributed by atoms with Crippen LogP contribution in [0.1, 0.15) is 32.1 Å². The monoisotopic (exact) mass is 228 g/mol. The molecule has 0 amide bonds. The molecule has 0 saturated heterocycles. The fourth-order valence-electron chi connectivity index (χ4n) is 0.947. The Morgan fingerprint density at radius 3 is 2.33 bits per heavy atom. The summed E-state index contributed by atoms with van der Waals surface area (Å²) in [6.45, 7) is -0.0574. The van der Waals surface area contributed by atoms with Crippen molar-refractivity contribution in [3.63, 3.8) is 0 Å². The predicted octanol–water partition coefficient (Wildman–Crippen LogP) is 2.60. The number of rotatable bonds is 8. The quantitative estimate of drug-likeness (QED) is 0.649. The molecule has 0 aromatic carbocycles. The maximum atomic E-state index is 11.6. The summed E-state index contributed by atoms with van der Waals surface area (Å²) < 4.78 is 39.6. The number of hydrogen-bond acceptors (Lipinski definition) is 2. The minimum absolute atomic E-state index is 0.0998. The van der Waals surface area contributed by atoms with E-state index >= 15 is 0 Å². The number of halogens is 3. The van der Waals surface area contributed by atoms with Crippen molar-refractivity contribution >= 4 is 5.97 Å². The molecule has 1 N–H and O–H groups in total. The van der Waals surface area contributed by atoms with Crippen molar-refractivity contribution < 1.29 is 27.8 Å². The molecule has 90 valence electrons. The third-order valence-electron chi connectivity index (χ3n) is 1.71. The van der Waals surface area contributed by atoms with Gasteiger partial charge in [0.15, 0.2) is 0 Å². The first-order valence-corrected chi connectivity index (χ1v) is 4.78. The van der Waals surface area contributed by atoms with Gasteiger partial charge in [-0.2, -0.15) is 13.2 Å². The molecule has 3 nitrogen and oxygen atoms in total. The van der Waals surface area contributed by atoms with E-state index in [9.17, 15) is 18.0 Å². The molecule has 15 heavy (non-hydrogen) atoms. The summed E-state index contributed by atoms with van der Waals surface area (Å²) in [5.74, 6) is -0.854. The van der Waals surface area contributed by atoms with Crippen molar-refractivity contribution in [1.29, 1.82) is 0 Å². The van der Waals surface area contributed by atoms with E-state index in [0.717, 1.165) is 0 Å². The summed E-state index contributed by atoms with van der Waals surface area (Å²) in [5.41, 5.74) is 0. The minimum atomic E-state index is -4.16. The average Bonchev–Trinajstić information content (AvgIpc) is 2.07. The minimum Gasteiger partial charge on any atom is -0.481 e. The molecule has 0 atom stereocenters. The number of hydrogen-bond donors (Lipinski definition) is 1. The third-order valence-corrected chi connectivity index (χ3v) is 1.71. The van der Waals surface area contributed by atoms with Gasteiger partial charge in [0, 0.05) is 13.0 Å². The fraction of sp³-hybridized carbons (Fsp3) is 0.889. The van der Waals surface area contributed by atoms with Crippen LogP contribution in [-0.2, 0) is 9.53 Å². The molecule has 0 saturated carbocycles. The second kappa shape index (κ2) is 7.50. The zero-order valence-corrected chi connectivity index (χ0v) is 8.35. The molecule has 0 spiro atoms. The van der Waals surface area contributed by atoms with Crippen LogP contribution in [0.15, 0.2) is 0 Å². The summed E-state index contributed by atoms with van der Waals surface area (Å²) in [6, 6.07) is 0. The van der Waals surface area contributed by atoms with Gasteiger partial charge in [-0.25, -0.2) is 0 Å². The van der Waals surface area contributed by atoms with Crippen LogP contribution < -0.4 is 0 Å². The summed E-state index contributed by atoms with van der Waals surface area (Å²) in [5, 5.41) is 8.29. The Morgan fingerprint density at radius 1 is 1.13 bits per heavy atom. The van der Waals surface area contributed by atoms with Crippen LogP contribution in [0.5, 0.6) is 0 Å². The molecule has 6 heteroatoms. The maximum Gasteiger partial charge on any atom is 0.391 e. The normalized spacial score (nSPS) is 11.7. The molecule has 0 aliphatic heterocycles. The van der Waals surface area contributed by atoms with Gasteiger partial charge in [0.25, 0.3) is 0 Å². The molecular formula is C9H15F3O3. The number of carboxylic acids is 1. The highest BCUT2D eigenvalue weighted by Gasteiger charge is 2.26. The summed E-state index contributed by atoms with van der Waals surface area (Å²) in [7, 11) is 0. The van der Waals surface area contributed by atoms with Crippen LogP contribution in [0.3, 0.4) is 0 Å². The zero-order valence-electron chi connectivity index (χ0n) is 8.35. The van der Waals surface area contributed by atoms with E-state index in [2.05, 4.69) is 0 Å². The van der Waals surface area contributed by atoms with Crippen molar-refractivity contribution in [1.82, 2.24) is 0 Å². The van der Waals surface area contributed by atoms with Crippen molar-refractivity contribution in [3.8, 4) is 0 Å². The van der Waals surface area contributed by atoms with Crippen LogP contribution >= 0.6 is 0 Å². The molecule has 0 aromatic rings. The van der Waals surface area contributed by atoms with Crippen LogP contribution in [0.2, 0.25) is 0 Å². The highest BCUT2D eigenvalue weighted by molar-refractivity contribution is 5.66. The summed E-state index contributed by atoms with van der Waals surface area (Å²) in [6.07, 6.45) is -3.19. The Balaban J connectivity index is 3.09. The lowest BCUT2D eigenvalue weighted by molar-refractivity contribution is -0.145. The first kappa shape index (κ1) is 14.2. The SMILES string of the molecule is O=C(O)CCCCCOCCC(F)(F)F. The van der Waals surface area contributed by atoms with Crippen LogP contribution in [0.4, 0.5) is 13.2 Å². The van der Waals surface area contributed by atoms with Gasteiger partial charge in [0.1, 0.15) is 0 Å². The van der Waals surface area contributed by atoms with Gasteiger partial charge < -0.3 is 9.84 Å². The molecule has 0 aliphatic carbocycles. The molecule has 0 heterocycles. The van der Waals surface area contributed by atoms with Gasteiger partial charge in [0.2, 0.25) is 0 Å². The molecular weight excluding hydrogens is 213 g/mol. The standard InChI is InChI=1S/C9H15F3O3/c10-9(11,12)5-7-15-6-3-1-2-4-8(13)14/h1-7H2,(H,13,14). The largest absolute Gasteiger partial charge is 0.481 e. The van der Waals surface area contributed by atoms with Gasteiger partial charge in [0.05, 0.1) is 13.0 Å². The lowest BCUT2D eigenvalue weighted by atomic mass is 10.2. The molecule has 0 aromatic heterocycles. The van der Waals surface area contributed by atoms with E-state index in [1.54, 1.807) is 0 Å². The highest BCUT2D eigenvalue weighted by Crippen LogP contribution is 2.18. The van der Waals surface area contributed by atoms with E-state index in [-0.39, 0.29) is 19.6 Å². The molecule has 0 unspecified atom stereocenters. The Morgan fingerprint density at radius 2 is 1.80 bits per heavy atom. The Labute approximate surface area is 86.2 Å². The van der Waals surface area contributed by atoms with Gasteiger partial charge in [-0.3, -0.25) is 4.79 Å². The molecule has 0 aliphatic rings. The fourth-order valence-corrected chi connectivity index (χ4v) is 0.947. The van der Waals surface area contributed by atoms with E-state index in [1.165, 1.54) is 0 Å². The van der Waals surface area contributed by atoms with E-state index in [0.29, 0.717) is 19.3 Å². The number of alkyl halides is 3. The predicted molar refractivity (Wildman–Crippen MR) is 47.6 cm³/mol. The number of ether oxygens (including phenoxy) is 1. The van der Waals surface area contributed by atoms with Crippen LogP contribution in [0, 0.1) is 0 Å². The first-order valence-electron chi connectivity index (χ1n) is 4.78. The summed E-state index contributed by atoms with van der Waals surface area (Å²) in [4.78, 5) is 10.1. The van der Waals surface area contributed by atoms with E-state index in [4.69, 9.17) is 9.84 Å². The molecule has 0 bridgehead atoms. The number of unbranched alkanes of at least 4 members (excludes halogenated alkanes) is 2. The Bertz CT molecular complexity index is 180. The number of carbonyl (C=O) groups is 1. The second-order valence-electron chi connectivity index (χ2n) is 3.18. The zero-order chi connectivity index (χ0) is 11.7. The van der Waals surface area contributed by atoms with Crippen LogP contribution in [-0.4, -0.2) is 30.5 Å². The smallest absolute Gasteiger partial charge is 0.391 e. The molecule has 0 radical (unpaired) electrons. The van der Waals surface area contributed by atoms with Crippen molar-refractivity contribution in [3.05, 3.63) is 0 Å². The van der Waals surface area contributed by atoms with Gasteiger partial charge in [-0.1, -0.05) is 6.42 Å². The summed E-state index contributed by atoms with van der Waals surface area (Å²) >= 11 is 0. The second-order valence-corrected chi connectivity index (χ2v) is 3.18. The molecule has 0 rings (SSSR count). The lowest BCUT2D eigenvalue weighted by Crippen LogP contribution is -2.11. The topological polar surface area (TPSA) is 46.5 Å².